The molecule has 1 unspecified atom stereocenters. The zero-order chi connectivity index (χ0) is 18.8. The van der Waals surface area contributed by atoms with Crippen molar-refractivity contribution < 1.29 is 19.2 Å². The third kappa shape index (κ3) is 3.95. The predicted octanol–water partition coefficient (Wildman–Crippen LogP) is 0.00430. The number of nitrogens with one attached hydrogen (secondary N) is 2. The Hall–Kier alpha value is -1.70. The molecule has 4 heterocycles. The molecule has 0 aliphatic carbocycles. The summed E-state index contributed by atoms with van der Waals surface area (Å²) in [6.45, 7) is 5.11. The van der Waals surface area contributed by atoms with E-state index in [2.05, 4.69) is 5.32 Å². The Labute approximate surface area is 159 Å². The van der Waals surface area contributed by atoms with Crippen molar-refractivity contribution in [2.24, 2.45) is 5.92 Å². The molecule has 3 aliphatic rings. The molecule has 0 aromatic carbocycles. The summed E-state index contributed by atoms with van der Waals surface area (Å²) in [4.78, 5) is 26.6. The van der Waals surface area contributed by atoms with Gasteiger partial charge in [-0.2, -0.15) is 0 Å². The van der Waals surface area contributed by atoms with Crippen LogP contribution in [-0.4, -0.2) is 56.5 Å². The van der Waals surface area contributed by atoms with Crippen LogP contribution >= 0.6 is 0 Å². The van der Waals surface area contributed by atoms with Crippen molar-refractivity contribution in [3.63, 3.8) is 0 Å². The molecular formula is C20H30N3O4+. The molecule has 0 saturated carbocycles. The standard InChI is InChI=1S/C20H29N3O4/c1-26-7-6-19(24)21-17-2-3-18-15-10-14(12-23(18)20(17)25)11-22(13-15)16-4-8-27-9-5-16/h2-3,14-16H,4-13H2,1H3,(H,21,24)/p+1/t14-,15+/m0/s1. The van der Waals surface area contributed by atoms with E-state index in [0.29, 0.717) is 30.2 Å². The van der Waals surface area contributed by atoms with Gasteiger partial charge < -0.3 is 24.3 Å². The summed E-state index contributed by atoms with van der Waals surface area (Å²) in [6.07, 6.45) is 3.72. The second-order valence-corrected chi connectivity index (χ2v) is 8.13. The number of hydrogen-bond donors (Lipinski definition) is 2. The van der Waals surface area contributed by atoms with Gasteiger partial charge in [0.15, 0.2) is 0 Å². The number of amides is 1. The molecule has 3 atom stereocenters. The number of quaternary nitrogens is 1. The van der Waals surface area contributed by atoms with Gasteiger partial charge in [0.25, 0.3) is 5.56 Å². The third-order valence-corrected chi connectivity index (χ3v) is 6.35. The second kappa shape index (κ2) is 8.12. The maximum atomic E-state index is 12.9. The summed E-state index contributed by atoms with van der Waals surface area (Å²) in [5, 5.41) is 2.75. The first-order chi connectivity index (χ1) is 13.2. The van der Waals surface area contributed by atoms with Gasteiger partial charge in [-0.1, -0.05) is 0 Å². The number of carbonyl (C=O) groups is 1. The number of hydrogen-bond acceptors (Lipinski definition) is 4. The lowest BCUT2D eigenvalue weighted by atomic mass is 9.82. The SMILES string of the molecule is COCCC(=O)Nc1ccc2n(c1=O)C[C@H]1C[C@@H]2C[NH+](C2CCOCC2)C1. The van der Waals surface area contributed by atoms with Crippen LogP contribution in [0.4, 0.5) is 5.69 Å². The highest BCUT2D eigenvalue weighted by molar-refractivity contribution is 5.90. The molecule has 1 aromatic heterocycles. The fourth-order valence-electron chi connectivity index (χ4n) is 5.04. The molecule has 27 heavy (non-hydrogen) atoms. The lowest BCUT2D eigenvalue weighted by Gasteiger charge is -2.44. The van der Waals surface area contributed by atoms with E-state index in [1.165, 1.54) is 6.42 Å². The highest BCUT2D eigenvalue weighted by Gasteiger charge is 2.40. The number of carbonyl (C=O) groups excluding carboxylic acids is 1. The Balaban J connectivity index is 1.51. The Morgan fingerprint density at radius 1 is 1.33 bits per heavy atom. The van der Waals surface area contributed by atoms with Crippen molar-refractivity contribution in [2.75, 3.05) is 45.3 Å². The normalized spacial score (nSPS) is 27.8. The fourth-order valence-corrected chi connectivity index (χ4v) is 5.04. The summed E-state index contributed by atoms with van der Waals surface area (Å²) in [7, 11) is 1.56. The van der Waals surface area contributed by atoms with E-state index in [0.717, 1.165) is 51.4 Å². The van der Waals surface area contributed by atoms with E-state index < -0.39 is 0 Å². The van der Waals surface area contributed by atoms with Gasteiger partial charge in [0.1, 0.15) is 5.69 Å². The molecule has 148 valence electrons. The Kier molecular flexibility index (Phi) is 5.61. The summed E-state index contributed by atoms with van der Waals surface area (Å²) >= 11 is 0. The Bertz CT molecular complexity index is 741. The molecule has 0 spiro atoms. The number of likely N-dealkylation sites (tertiary alicyclic amines) is 1. The quantitative estimate of drug-likeness (QED) is 0.759. The zero-order valence-corrected chi connectivity index (χ0v) is 16.0. The molecular weight excluding hydrogens is 346 g/mol. The number of piperidine rings is 1. The lowest BCUT2D eigenvalue weighted by molar-refractivity contribution is -0.937. The van der Waals surface area contributed by atoms with Crippen LogP contribution in [0.25, 0.3) is 0 Å². The van der Waals surface area contributed by atoms with Crippen molar-refractivity contribution in [1.82, 2.24) is 4.57 Å². The van der Waals surface area contributed by atoms with Gasteiger partial charge in [-0.3, -0.25) is 9.59 Å². The van der Waals surface area contributed by atoms with Crippen LogP contribution in [0, 0.1) is 5.92 Å². The molecule has 2 fully saturated rings. The number of aromatic nitrogens is 1. The molecule has 1 amide bonds. The van der Waals surface area contributed by atoms with Gasteiger partial charge in [0, 0.05) is 44.0 Å². The number of methoxy groups -OCH3 is 1. The van der Waals surface area contributed by atoms with Gasteiger partial charge in [-0.25, -0.2) is 0 Å². The van der Waals surface area contributed by atoms with Crippen molar-refractivity contribution in [3.05, 3.63) is 28.2 Å². The van der Waals surface area contributed by atoms with E-state index in [1.54, 1.807) is 18.1 Å². The van der Waals surface area contributed by atoms with Gasteiger partial charge >= 0.3 is 0 Å². The smallest absolute Gasteiger partial charge is 0.274 e. The molecule has 7 heteroatoms. The summed E-state index contributed by atoms with van der Waals surface area (Å²) < 4.78 is 12.4. The number of ether oxygens (including phenoxy) is 2. The average Bonchev–Trinajstić information content (AvgIpc) is 2.69. The molecule has 4 rings (SSSR count). The molecule has 2 bridgehead atoms. The Morgan fingerprint density at radius 2 is 2.15 bits per heavy atom. The first-order valence-corrected chi connectivity index (χ1v) is 10.1. The van der Waals surface area contributed by atoms with Crippen molar-refractivity contribution in [1.29, 1.82) is 0 Å². The van der Waals surface area contributed by atoms with Crippen LogP contribution in [0.15, 0.2) is 16.9 Å². The molecule has 2 saturated heterocycles. The van der Waals surface area contributed by atoms with Crippen LogP contribution in [0.3, 0.4) is 0 Å². The topological polar surface area (TPSA) is 74.0 Å². The largest absolute Gasteiger partial charge is 0.384 e. The Morgan fingerprint density at radius 3 is 2.93 bits per heavy atom. The molecule has 3 aliphatic heterocycles. The molecule has 0 radical (unpaired) electrons. The summed E-state index contributed by atoms with van der Waals surface area (Å²) in [6, 6.07) is 4.52. The minimum atomic E-state index is -0.180. The second-order valence-electron chi connectivity index (χ2n) is 8.13. The van der Waals surface area contributed by atoms with Crippen LogP contribution in [0.5, 0.6) is 0 Å². The van der Waals surface area contributed by atoms with Crippen molar-refractivity contribution in [2.45, 2.75) is 44.2 Å². The van der Waals surface area contributed by atoms with Gasteiger partial charge in [-0.05, 0) is 18.6 Å². The van der Waals surface area contributed by atoms with Crippen LogP contribution in [-0.2, 0) is 20.8 Å². The van der Waals surface area contributed by atoms with Gasteiger partial charge in [0.2, 0.25) is 5.91 Å². The summed E-state index contributed by atoms with van der Waals surface area (Å²) in [5.41, 5.74) is 1.45. The number of rotatable bonds is 5. The third-order valence-electron chi connectivity index (χ3n) is 6.35. The average molecular weight is 376 g/mol. The van der Waals surface area contributed by atoms with Gasteiger partial charge in [0.05, 0.1) is 45.4 Å². The first kappa shape index (κ1) is 18.7. The first-order valence-electron chi connectivity index (χ1n) is 10.1. The molecule has 2 N–H and O–H groups in total. The van der Waals surface area contributed by atoms with E-state index >= 15 is 0 Å². The number of fused-ring (bicyclic) bond motifs is 4. The van der Waals surface area contributed by atoms with E-state index in [4.69, 9.17) is 9.47 Å². The van der Waals surface area contributed by atoms with Gasteiger partial charge in [-0.15, -0.1) is 0 Å². The molecule has 7 nitrogen and oxygen atoms in total. The minimum Gasteiger partial charge on any atom is -0.384 e. The number of pyridine rings is 1. The fraction of sp³-hybridized carbons (Fsp3) is 0.700. The van der Waals surface area contributed by atoms with Crippen LogP contribution in [0.2, 0.25) is 0 Å². The zero-order valence-electron chi connectivity index (χ0n) is 16.0. The van der Waals surface area contributed by atoms with Crippen molar-refractivity contribution >= 4 is 11.6 Å². The van der Waals surface area contributed by atoms with E-state index in [1.807, 2.05) is 10.6 Å². The summed E-state index contributed by atoms with van der Waals surface area (Å²) in [5.74, 6) is 0.785. The lowest BCUT2D eigenvalue weighted by Crippen LogP contribution is -3.18. The minimum absolute atomic E-state index is 0.0671. The van der Waals surface area contributed by atoms with Crippen LogP contribution in [0.1, 0.15) is 37.3 Å². The predicted molar refractivity (Wildman–Crippen MR) is 101 cm³/mol. The van der Waals surface area contributed by atoms with E-state index in [-0.39, 0.29) is 17.9 Å². The van der Waals surface area contributed by atoms with E-state index in [9.17, 15) is 9.59 Å². The molecule has 1 aromatic rings. The maximum Gasteiger partial charge on any atom is 0.274 e. The highest BCUT2D eigenvalue weighted by Crippen LogP contribution is 2.31. The van der Waals surface area contributed by atoms with Crippen molar-refractivity contribution in [3.8, 4) is 0 Å². The number of anilines is 1. The number of nitrogens with zero attached hydrogens (tertiary/aromatic N) is 1. The monoisotopic (exact) mass is 376 g/mol. The maximum absolute atomic E-state index is 12.9. The van der Waals surface area contributed by atoms with Crippen LogP contribution < -0.4 is 15.8 Å². The highest BCUT2D eigenvalue weighted by atomic mass is 16.5.